The molecule has 0 amide bonds. The zero-order valence-corrected chi connectivity index (χ0v) is 13.3. The number of fused-ring (bicyclic) bond motifs is 1. The van der Waals surface area contributed by atoms with E-state index in [1.807, 2.05) is 51.4 Å². The van der Waals surface area contributed by atoms with Crippen molar-refractivity contribution >= 4 is 19.8 Å². The molecular weight excluding hydrogens is 272 g/mol. The fourth-order valence-electron chi connectivity index (χ4n) is 2.27. The summed E-state index contributed by atoms with van der Waals surface area (Å²) in [6, 6.07) is 8.03. The number of nitrogens with zero attached hydrogens (tertiary/aromatic N) is 2. The van der Waals surface area contributed by atoms with Crippen LogP contribution in [0, 0.1) is 0 Å². The molecule has 2 rings (SSSR count). The number of hydrogen-bond donors (Lipinski definition) is 0. The molecule has 20 heavy (non-hydrogen) atoms. The number of imidazole rings is 1. The summed E-state index contributed by atoms with van der Waals surface area (Å²) in [4.78, 5) is 4.40. The van der Waals surface area contributed by atoms with Crippen LogP contribution in [0.4, 0.5) is 0 Å². The summed E-state index contributed by atoms with van der Waals surface area (Å²) in [6.07, 6.45) is 2.41. The van der Waals surface area contributed by atoms with Crippen molar-refractivity contribution in [1.82, 2.24) is 9.55 Å². The van der Waals surface area contributed by atoms with Gasteiger partial charge in [0.15, 0.2) is 0 Å². The van der Waals surface area contributed by atoms with Gasteiger partial charge in [-0.25, -0.2) is 4.98 Å². The van der Waals surface area contributed by atoms with Gasteiger partial charge in [-0.2, -0.15) is 0 Å². The molecule has 6 heteroatoms. The van der Waals surface area contributed by atoms with Crippen molar-refractivity contribution in [3.05, 3.63) is 30.6 Å². The van der Waals surface area contributed by atoms with Gasteiger partial charge in [0.05, 0.1) is 23.5 Å². The zero-order valence-electron chi connectivity index (χ0n) is 12.3. The van der Waals surface area contributed by atoms with Crippen LogP contribution in [-0.4, -0.2) is 38.2 Å². The van der Waals surface area contributed by atoms with Gasteiger partial charge in [-0.15, -0.1) is 0 Å². The number of hydrogen-bond acceptors (Lipinski definition) is 4. The standard InChI is InChI=1S/C14H22N2O3Si/c1-4-17-20(18-5-2,19-6-3)12-16-11-15-13-9-7-8-10-14(13)16/h7-11H,4-6,12H2,1-3H3. The third-order valence-electron chi connectivity index (χ3n) is 2.98. The van der Waals surface area contributed by atoms with E-state index in [0.717, 1.165) is 11.0 Å². The fourth-order valence-corrected chi connectivity index (χ4v) is 4.78. The van der Waals surface area contributed by atoms with Crippen LogP contribution in [-0.2, 0) is 19.4 Å². The highest BCUT2D eigenvalue weighted by Gasteiger charge is 2.41. The van der Waals surface area contributed by atoms with Crippen LogP contribution in [0.25, 0.3) is 11.0 Å². The molecule has 1 aromatic heterocycles. The predicted octanol–water partition coefficient (Wildman–Crippen LogP) is 2.62. The Morgan fingerprint density at radius 3 is 2.20 bits per heavy atom. The van der Waals surface area contributed by atoms with E-state index in [4.69, 9.17) is 13.3 Å². The summed E-state index contributed by atoms with van der Waals surface area (Å²) in [6.45, 7) is 7.64. The third-order valence-corrected chi connectivity index (χ3v) is 5.90. The van der Waals surface area contributed by atoms with E-state index in [1.165, 1.54) is 0 Å². The monoisotopic (exact) mass is 294 g/mol. The van der Waals surface area contributed by atoms with Gasteiger partial charge >= 0.3 is 8.80 Å². The minimum atomic E-state index is -2.69. The first kappa shape index (κ1) is 15.2. The Bertz CT molecular complexity index is 527. The lowest BCUT2D eigenvalue weighted by Gasteiger charge is -2.28. The molecule has 0 bridgehead atoms. The molecule has 0 aliphatic rings. The van der Waals surface area contributed by atoms with Crippen molar-refractivity contribution in [2.24, 2.45) is 0 Å². The van der Waals surface area contributed by atoms with Crippen molar-refractivity contribution in [3.63, 3.8) is 0 Å². The molecule has 0 spiro atoms. The van der Waals surface area contributed by atoms with E-state index in [9.17, 15) is 0 Å². The lowest BCUT2D eigenvalue weighted by molar-refractivity contribution is 0.0653. The van der Waals surface area contributed by atoms with Crippen LogP contribution >= 0.6 is 0 Å². The van der Waals surface area contributed by atoms with Crippen LogP contribution in [0.3, 0.4) is 0 Å². The maximum atomic E-state index is 5.88. The Labute approximate surface area is 120 Å². The van der Waals surface area contributed by atoms with Crippen LogP contribution in [0.5, 0.6) is 0 Å². The second kappa shape index (κ2) is 6.99. The van der Waals surface area contributed by atoms with E-state index in [1.54, 1.807) is 0 Å². The summed E-state index contributed by atoms with van der Waals surface area (Å²) in [5, 5.41) is 0. The summed E-state index contributed by atoms with van der Waals surface area (Å²) in [5.41, 5.74) is 2.04. The van der Waals surface area contributed by atoms with Crippen LogP contribution in [0.15, 0.2) is 30.6 Å². The Morgan fingerprint density at radius 1 is 1.00 bits per heavy atom. The fraction of sp³-hybridized carbons (Fsp3) is 0.500. The first-order valence-corrected chi connectivity index (χ1v) is 8.99. The Morgan fingerprint density at radius 2 is 1.60 bits per heavy atom. The summed E-state index contributed by atoms with van der Waals surface area (Å²) in [5.74, 6) is 0. The van der Waals surface area contributed by atoms with E-state index in [-0.39, 0.29) is 0 Å². The number of aromatic nitrogens is 2. The van der Waals surface area contributed by atoms with Gasteiger partial charge < -0.3 is 17.8 Å². The molecule has 0 saturated heterocycles. The van der Waals surface area contributed by atoms with Crippen LogP contribution in [0.1, 0.15) is 20.8 Å². The summed E-state index contributed by atoms with van der Waals surface area (Å²) >= 11 is 0. The van der Waals surface area contributed by atoms with Crippen molar-refractivity contribution in [2.75, 3.05) is 19.8 Å². The van der Waals surface area contributed by atoms with Gasteiger partial charge in [-0.3, -0.25) is 0 Å². The average Bonchev–Trinajstić information content (AvgIpc) is 2.83. The average molecular weight is 294 g/mol. The van der Waals surface area contributed by atoms with Gasteiger partial charge in [0.2, 0.25) is 0 Å². The number of rotatable bonds is 8. The van der Waals surface area contributed by atoms with Crippen molar-refractivity contribution in [3.8, 4) is 0 Å². The van der Waals surface area contributed by atoms with Gasteiger partial charge in [0.25, 0.3) is 0 Å². The summed E-state index contributed by atoms with van der Waals surface area (Å²) < 4.78 is 19.7. The van der Waals surface area contributed by atoms with Crippen molar-refractivity contribution < 1.29 is 13.3 Å². The lowest BCUT2D eigenvalue weighted by Crippen LogP contribution is -2.50. The van der Waals surface area contributed by atoms with Crippen molar-refractivity contribution in [2.45, 2.75) is 26.9 Å². The molecule has 0 atom stereocenters. The highest BCUT2D eigenvalue weighted by molar-refractivity contribution is 6.59. The predicted molar refractivity (Wildman–Crippen MR) is 80.4 cm³/mol. The Hall–Kier alpha value is -1.21. The van der Waals surface area contributed by atoms with E-state index >= 15 is 0 Å². The molecule has 0 aliphatic carbocycles. The van der Waals surface area contributed by atoms with Gasteiger partial charge in [-0.1, -0.05) is 12.1 Å². The molecule has 1 aromatic carbocycles. The van der Waals surface area contributed by atoms with Gasteiger partial charge in [0, 0.05) is 19.8 Å². The highest BCUT2D eigenvalue weighted by Crippen LogP contribution is 2.18. The van der Waals surface area contributed by atoms with Gasteiger partial charge in [0.1, 0.15) is 0 Å². The third kappa shape index (κ3) is 3.27. The first-order valence-electron chi connectivity index (χ1n) is 7.06. The van der Waals surface area contributed by atoms with E-state index in [0.29, 0.717) is 26.0 Å². The maximum Gasteiger partial charge on any atom is 0.521 e. The molecule has 0 saturated carbocycles. The van der Waals surface area contributed by atoms with E-state index in [2.05, 4.69) is 9.55 Å². The van der Waals surface area contributed by atoms with Crippen LogP contribution < -0.4 is 0 Å². The highest BCUT2D eigenvalue weighted by atomic mass is 28.4. The molecule has 110 valence electrons. The lowest BCUT2D eigenvalue weighted by atomic mass is 10.3. The second-order valence-electron chi connectivity index (χ2n) is 4.34. The molecule has 0 radical (unpaired) electrons. The molecule has 1 heterocycles. The second-order valence-corrected chi connectivity index (χ2v) is 6.89. The van der Waals surface area contributed by atoms with Gasteiger partial charge in [-0.05, 0) is 32.9 Å². The Kier molecular flexibility index (Phi) is 5.30. The maximum absolute atomic E-state index is 5.88. The van der Waals surface area contributed by atoms with Crippen LogP contribution in [0.2, 0.25) is 0 Å². The topological polar surface area (TPSA) is 45.5 Å². The normalized spacial score (nSPS) is 12.2. The largest absolute Gasteiger partial charge is 0.521 e. The first-order chi connectivity index (χ1) is 9.74. The molecule has 0 unspecified atom stereocenters. The minimum Gasteiger partial charge on any atom is -0.373 e. The molecule has 0 fully saturated rings. The van der Waals surface area contributed by atoms with Crippen molar-refractivity contribution in [1.29, 1.82) is 0 Å². The Balaban J connectivity index is 2.30. The number of benzene rings is 1. The molecule has 5 nitrogen and oxygen atoms in total. The summed E-state index contributed by atoms with van der Waals surface area (Å²) in [7, 11) is -2.69. The number of para-hydroxylation sites is 2. The smallest absolute Gasteiger partial charge is 0.373 e. The van der Waals surface area contributed by atoms with E-state index < -0.39 is 8.80 Å². The molecule has 0 aliphatic heterocycles. The molecular formula is C14H22N2O3Si. The molecule has 2 aromatic rings. The minimum absolute atomic E-state index is 0.582. The quantitative estimate of drug-likeness (QED) is 0.702. The zero-order chi connectivity index (χ0) is 14.4. The SMILES string of the molecule is CCO[Si](Cn1cnc2ccccc21)(OCC)OCC. The molecule has 0 N–H and O–H groups in total.